The molecular weight excluding hydrogens is 480 g/mol. The molecule has 0 radical (unpaired) electrons. The first-order chi connectivity index (χ1) is 16.6. The number of esters is 2. The van der Waals surface area contributed by atoms with Crippen LogP contribution >= 0.6 is 0 Å². The second kappa shape index (κ2) is 9.95. The van der Waals surface area contributed by atoms with E-state index in [4.69, 9.17) is 14.2 Å². The second-order valence-corrected chi connectivity index (χ2v) is 10.2. The van der Waals surface area contributed by atoms with E-state index in [0.717, 1.165) is 18.2 Å². The molecule has 1 aliphatic rings. The van der Waals surface area contributed by atoms with Crippen molar-refractivity contribution >= 4 is 11.9 Å². The van der Waals surface area contributed by atoms with E-state index in [1.54, 1.807) is 52.8 Å². The van der Waals surface area contributed by atoms with Crippen molar-refractivity contribution in [1.29, 1.82) is 0 Å². The van der Waals surface area contributed by atoms with Gasteiger partial charge in [0.25, 0.3) is 0 Å². The summed E-state index contributed by atoms with van der Waals surface area (Å²) in [6, 6.07) is 10.6. The fourth-order valence-corrected chi connectivity index (χ4v) is 3.90. The maximum absolute atomic E-state index is 14.3. The van der Waals surface area contributed by atoms with Gasteiger partial charge in [0.1, 0.15) is 11.4 Å². The van der Waals surface area contributed by atoms with Gasteiger partial charge in [-0.05, 0) is 56.4 Å². The Morgan fingerprint density at radius 2 is 1.67 bits per heavy atom. The molecule has 0 saturated heterocycles. The van der Waals surface area contributed by atoms with Crippen LogP contribution in [0.25, 0.3) is 0 Å². The third kappa shape index (κ3) is 6.65. The molecular formula is C27H28F4O5. The summed E-state index contributed by atoms with van der Waals surface area (Å²) in [5.74, 6) is -4.19. The number of benzene rings is 2. The van der Waals surface area contributed by atoms with Crippen LogP contribution in [0.15, 0.2) is 60.7 Å². The zero-order valence-corrected chi connectivity index (χ0v) is 20.6. The highest BCUT2D eigenvalue weighted by molar-refractivity contribution is 5.83. The lowest BCUT2D eigenvalue weighted by Gasteiger charge is -2.22. The highest BCUT2D eigenvalue weighted by atomic mass is 19.4. The quantitative estimate of drug-likeness (QED) is 0.230. The zero-order chi connectivity index (χ0) is 26.9. The smallest absolute Gasteiger partial charge is 0.429 e. The van der Waals surface area contributed by atoms with Crippen LogP contribution < -0.4 is 4.74 Å². The van der Waals surface area contributed by atoms with Crippen molar-refractivity contribution in [3.05, 3.63) is 72.1 Å². The second-order valence-electron chi connectivity index (χ2n) is 10.2. The van der Waals surface area contributed by atoms with Crippen LogP contribution in [0.3, 0.4) is 0 Å². The first-order valence-electron chi connectivity index (χ1n) is 11.3. The molecule has 3 atom stereocenters. The summed E-state index contributed by atoms with van der Waals surface area (Å²) in [6.45, 7) is 8.47. The molecule has 2 aromatic rings. The van der Waals surface area contributed by atoms with Crippen LogP contribution in [0.5, 0.6) is 11.5 Å². The Bertz CT molecular complexity index is 1130. The van der Waals surface area contributed by atoms with Gasteiger partial charge in [-0.15, -0.1) is 0 Å². The van der Waals surface area contributed by atoms with Gasteiger partial charge in [0.15, 0.2) is 11.6 Å². The molecule has 0 aliphatic heterocycles. The number of rotatable bonds is 7. The summed E-state index contributed by atoms with van der Waals surface area (Å²) in [6.07, 6.45) is -4.97. The summed E-state index contributed by atoms with van der Waals surface area (Å²) < 4.78 is 71.5. The molecule has 194 valence electrons. The third-order valence-corrected chi connectivity index (χ3v) is 5.77. The van der Waals surface area contributed by atoms with E-state index in [1.165, 1.54) is 24.3 Å². The highest BCUT2D eigenvalue weighted by Crippen LogP contribution is 2.60. The Labute approximate surface area is 207 Å². The van der Waals surface area contributed by atoms with E-state index in [1.807, 2.05) is 0 Å². The van der Waals surface area contributed by atoms with E-state index in [0.29, 0.717) is 0 Å². The summed E-state index contributed by atoms with van der Waals surface area (Å²) >= 11 is 0. The normalized spacial score (nSPS) is 20.0. The summed E-state index contributed by atoms with van der Waals surface area (Å²) in [5.41, 5.74) is -1.92. The fourth-order valence-electron chi connectivity index (χ4n) is 3.90. The minimum Gasteiger partial charge on any atom is -0.457 e. The highest BCUT2D eigenvalue weighted by Gasteiger charge is 2.62. The van der Waals surface area contributed by atoms with Crippen molar-refractivity contribution in [2.24, 2.45) is 17.3 Å². The van der Waals surface area contributed by atoms with Crippen molar-refractivity contribution in [1.82, 2.24) is 0 Å². The van der Waals surface area contributed by atoms with Gasteiger partial charge in [-0.3, -0.25) is 4.79 Å². The molecule has 0 amide bonds. The molecule has 2 aromatic carbocycles. The molecule has 3 rings (SSSR count). The monoisotopic (exact) mass is 508 g/mol. The average molecular weight is 509 g/mol. The van der Waals surface area contributed by atoms with Gasteiger partial charge in [0, 0.05) is 11.6 Å². The van der Waals surface area contributed by atoms with Gasteiger partial charge in [-0.2, -0.15) is 13.2 Å². The van der Waals surface area contributed by atoms with Crippen molar-refractivity contribution in [2.75, 3.05) is 0 Å². The molecule has 1 saturated carbocycles. The van der Waals surface area contributed by atoms with Crippen LogP contribution in [0.4, 0.5) is 17.6 Å². The number of halogens is 4. The minimum absolute atomic E-state index is 0.230. The van der Waals surface area contributed by atoms with E-state index >= 15 is 0 Å². The first kappa shape index (κ1) is 27.2. The fraction of sp³-hybridized carbons (Fsp3) is 0.407. The SMILES string of the molecule is CC(C)(C)OC(=O)C=C[C@H]1[C@@H](C(=O)O[C@H](c2ccc(F)c(Oc3ccccc3)c2)C(F)(F)F)C1(C)C. The zero-order valence-electron chi connectivity index (χ0n) is 20.6. The summed E-state index contributed by atoms with van der Waals surface area (Å²) in [7, 11) is 0. The lowest BCUT2D eigenvalue weighted by atomic mass is 10.1. The van der Waals surface area contributed by atoms with Crippen LogP contribution in [-0.4, -0.2) is 23.7 Å². The maximum atomic E-state index is 14.3. The Hall–Kier alpha value is -3.36. The molecule has 0 spiro atoms. The predicted octanol–water partition coefficient (Wildman–Crippen LogP) is 6.93. The van der Waals surface area contributed by atoms with E-state index in [9.17, 15) is 27.2 Å². The third-order valence-electron chi connectivity index (χ3n) is 5.77. The van der Waals surface area contributed by atoms with E-state index in [2.05, 4.69) is 0 Å². The molecule has 0 unspecified atom stereocenters. The molecule has 1 fully saturated rings. The Balaban J connectivity index is 1.78. The van der Waals surface area contributed by atoms with Crippen LogP contribution in [0.1, 0.15) is 46.3 Å². The minimum atomic E-state index is -4.96. The van der Waals surface area contributed by atoms with Gasteiger partial charge < -0.3 is 14.2 Å². The topological polar surface area (TPSA) is 61.8 Å². The Kier molecular flexibility index (Phi) is 7.53. The molecule has 1 aliphatic carbocycles. The maximum Gasteiger partial charge on any atom is 0.429 e. The lowest BCUT2D eigenvalue weighted by molar-refractivity contribution is -0.225. The molecule has 0 N–H and O–H groups in total. The molecule has 36 heavy (non-hydrogen) atoms. The molecule has 0 aromatic heterocycles. The average Bonchev–Trinajstić information content (AvgIpc) is 3.31. The number of carbonyl (C=O) groups is 2. The Morgan fingerprint density at radius 1 is 1.03 bits per heavy atom. The van der Waals surface area contributed by atoms with Gasteiger partial charge in [-0.1, -0.05) is 44.2 Å². The standard InChI is InChI=1S/C27H28F4O5/c1-25(2,3)36-21(32)14-12-18-22(26(18,4)5)24(33)35-23(27(29,30)31)16-11-13-19(28)20(15-16)34-17-9-7-6-8-10-17/h6-15,18,22-23H,1-5H3/t18-,22-,23+/m0/s1. The number of para-hydroxylation sites is 1. The largest absolute Gasteiger partial charge is 0.457 e. The van der Waals surface area contributed by atoms with Crippen molar-refractivity contribution in [2.45, 2.75) is 52.5 Å². The number of ether oxygens (including phenoxy) is 3. The Morgan fingerprint density at radius 3 is 2.25 bits per heavy atom. The number of alkyl halides is 3. The molecule has 0 bridgehead atoms. The summed E-state index contributed by atoms with van der Waals surface area (Å²) in [5, 5.41) is 0. The number of allylic oxidation sites excluding steroid dienone is 1. The van der Waals surface area contributed by atoms with Crippen molar-refractivity contribution in [3.8, 4) is 11.5 Å². The van der Waals surface area contributed by atoms with Gasteiger partial charge in [0.05, 0.1) is 5.92 Å². The number of carbonyl (C=O) groups excluding carboxylic acids is 2. The molecule has 5 nitrogen and oxygen atoms in total. The van der Waals surface area contributed by atoms with Gasteiger partial charge >= 0.3 is 18.1 Å². The van der Waals surface area contributed by atoms with Crippen LogP contribution in [0.2, 0.25) is 0 Å². The van der Waals surface area contributed by atoms with Crippen molar-refractivity contribution in [3.63, 3.8) is 0 Å². The van der Waals surface area contributed by atoms with Gasteiger partial charge in [-0.25, -0.2) is 9.18 Å². The predicted molar refractivity (Wildman–Crippen MR) is 124 cm³/mol. The van der Waals surface area contributed by atoms with E-state index < -0.39 is 64.2 Å². The number of hydrogen-bond donors (Lipinski definition) is 0. The van der Waals surface area contributed by atoms with E-state index in [-0.39, 0.29) is 5.75 Å². The van der Waals surface area contributed by atoms with Crippen LogP contribution in [-0.2, 0) is 19.1 Å². The number of hydrogen-bond acceptors (Lipinski definition) is 5. The summed E-state index contributed by atoms with van der Waals surface area (Å²) in [4.78, 5) is 24.7. The lowest BCUT2D eigenvalue weighted by Crippen LogP contribution is -2.27. The van der Waals surface area contributed by atoms with Crippen molar-refractivity contribution < 1.29 is 41.4 Å². The molecule has 0 heterocycles. The van der Waals surface area contributed by atoms with Crippen LogP contribution in [0, 0.1) is 23.1 Å². The first-order valence-corrected chi connectivity index (χ1v) is 11.3. The molecule has 9 heteroatoms. The van der Waals surface area contributed by atoms with Gasteiger partial charge in [0.2, 0.25) is 6.10 Å².